The third kappa shape index (κ3) is 4.80. The van der Waals surface area contributed by atoms with Gasteiger partial charge >= 0.3 is 6.61 Å². The van der Waals surface area contributed by atoms with Crippen LogP contribution in [0.4, 0.5) is 8.78 Å². The fraction of sp³-hybridized carbons (Fsp3) is 0.571. The van der Waals surface area contributed by atoms with E-state index in [1.807, 2.05) is 0 Å². The van der Waals surface area contributed by atoms with E-state index in [4.69, 9.17) is 14.2 Å². The highest BCUT2D eigenvalue weighted by Gasteiger charge is 2.17. The number of hydrogen-bond donors (Lipinski definition) is 1. The Morgan fingerprint density at radius 3 is 2.90 bits per heavy atom. The fourth-order valence-corrected chi connectivity index (χ4v) is 2.11. The van der Waals surface area contributed by atoms with Crippen molar-refractivity contribution in [3.8, 4) is 11.5 Å². The smallest absolute Gasteiger partial charge is 0.387 e. The molecule has 0 amide bonds. The summed E-state index contributed by atoms with van der Waals surface area (Å²) in [4.78, 5) is 0. The Morgan fingerprint density at radius 1 is 1.38 bits per heavy atom. The number of para-hydroxylation sites is 1. The summed E-state index contributed by atoms with van der Waals surface area (Å²) in [5.41, 5.74) is 0.603. The van der Waals surface area contributed by atoms with Gasteiger partial charge in [-0.1, -0.05) is 12.1 Å². The maximum atomic E-state index is 12.5. The summed E-state index contributed by atoms with van der Waals surface area (Å²) in [7, 11) is 1.41. The fourth-order valence-electron chi connectivity index (χ4n) is 2.11. The number of methoxy groups -OCH3 is 1. The first-order valence-corrected chi connectivity index (χ1v) is 6.71. The molecule has 0 bridgehead atoms. The summed E-state index contributed by atoms with van der Waals surface area (Å²) >= 11 is 0. The van der Waals surface area contributed by atoms with Gasteiger partial charge in [0.25, 0.3) is 0 Å². The first kappa shape index (κ1) is 15.9. The van der Waals surface area contributed by atoms with Gasteiger partial charge in [-0.2, -0.15) is 8.78 Å². The molecule has 1 fully saturated rings. The van der Waals surface area contributed by atoms with Crippen LogP contribution in [0.1, 0.15) is 5.56 Å². The van der Waals surface area contributed by atoms with Crippen molar-refractivity contribution in [3.63, 3.8) is 0 Å². The number of nitrogens with one attached hydrogen (secondary N) is 1. The molecule has 1 heterocycles. The Morgan fingerprint density at radius 2 is 2.24 bits per heavy atom. The monoisotopic (exact) mass is 303 g/mol. The summed E-state index contributed by atoms with van der Waals surface area (Å²) < 4.78 is 45.4. The average Bonchev–Trinajstić information content (AvgIpc) is 2.49. The lowest BCUT2D eigenvalue weighted by Gasteiger charge is -2.23. The minimum Gasteiger partial charge on any atom is -0.493 e. The molecule has 0 radical (unpaired) electrons. The second-order valence-electron chi connectivity index (χ2n) is 4.53. The molecule has 7 heteroatoms. The number of alkyl halides is 2. The van der Waals surface area contributed by atoms with Crippen molar-refractivity contribution in [1.82, 2.24) is 5.32 Å². The van der Waals surface area contributed by atoms with Crippen molar-refractivity contribution in [2.24, 2.45) is 0 Å². The quantitative estimate of drug-likeness (QED) is 0.832. The van der Waals surface area contributed by atoms with Crippen LogP contribution in [-0.2, 0) is 16.0 Å². The van der Waals surface area contributed by atoms with Gasteiger partial charge in [0.2, 0.25) is 0 Å². The molecule has 1 aromatic carbocycles. The molecule has 2 rings (SSSR count). The van der Waals surface area contributed by atoms with Gasteiger partial charge in [-0.25, -0.2) is 0 Å². The molecule has 1 aliphatic rings. The molecule has 21 heavy (non-hydrogen) atoms. The lowest BCUT2D eigenvalue weighted by molar-refractivity contribution is -0.0865. The first-order valence-electron chi connectivity index (χ1n) is 6.71. The lowest BCUT2D eigenvalue weighted by Crippen LogP contribution is -2.37. The largest absolute Gasteiger partial charge is 0.493 e. The Bertz CT molecular complexity index is 439. The molecular formula is C14H19F2NO4. The van der Waals surface area contributed by atoms with Crippen molar-refractivity contribution < 1.29 is 27.7 Å². The van der Waals surface area contributed by atoms with Gasteiger partial charge in [0, 0.05) is 18.7 Å². The van der Waals surface area contributed by atoms with E-state index in [0.29, 0.717) is 38.5 Å². The molecule has 1 atom stereocenters. The van der Waals surface area contributed by atoms with Crippen LogP contribution in [0.25, 0.3) is 0 Å². The van der Waals surface area contributed by atoms with Gasteiger partial charge in [0.1, 0.15) is 0 Å². The number of ether oxygens (including phenoxy) is 4. The van der Waals surface area contributed by atoms with Crippen LogP contribution in [-0.4, -0.2) is 46.2 Å². The molecule has 0 saturated carbocycles. The van der Waals surface area contributed by atoms with E-state index in [0.717, 1.165) is 0 Å². The summed E-state index contributed by atoms with van der Waals surface area (Å²) in [6, 6.07) is 5.03. The first-order chi connectivity index (χ1) is 10.2. The van der Waals surface area contributed by atoms with Crippen LogP contribution in [0.15, 0.2) is 18.2 Å². The van der Waals surface area contributed by atoms with E-state index in [1.165, 1.54) is 7.11 Å². The third-order valence-corrected chi connectivity index (χ3v) is 3.06. The van der Waals surface area contributed by atoms with Gasteiger partial charge in [0.15, 0.2) is 11.5 Å². The number of benzene rings is 1. The second-order valence-corrected chi connectivity index (χ2v) is 4.53. The van der Waals surface area contributed by atoms with E-state index in [1.54, 1.807) is 18.2 Å². The van der Waals surface area contributed by atoms with Gasteiger partial charge in [-0.3, -0.25) is 0 Å². The second kappa shape index (κ2) is 8.11. The number of halogens is 2. The zero-order valence-electron chi connectivity index (χ0n) is 11.8. The van der Waals surface area contributed by atoms with Gasteiger partial charge in [0.05, 0.1) is 33.0 Å². The number of rotatable bonds is 7. The molecule has 0 spiro atoms. The van der Waals surface area contributed by atoms with Crippen molar-refractivity contribution >= 4 is 0 Å². The van der Waals surface area contributed by atoms with Crippen LogP contribution in [0.5, 0.6) is 11.5 Å². The van der Waals surface area contributed by atoms with Gasteiger partial charge in [-0.05, 0) is 6.07 Å². The van der Waals surface area contributed by atoms with Crippen LogP contribution in [0.2, 0.25) is 0 Å². The van der Waals surface area contributed by atoms with Crippen LogP contribution < -0.4 is 14.8 Å². The summed E-state index contributed by atoms with van der Waals surface area (Å²) in [6.45, 7) is -0.227. The Balaban J connectivity index is 1.94. The summed E-state index contributed by atoms with van der Waals surface area (Å²) in [5.74, 6) is 0.343. The molecule has 1 N–H and O–H groups in total. The van der Waals surface area contributed by atoms with Crippen LogP contribution in [0, 0.1) is 0 Å². The Kier molecular flexibility index (Phi) is 6.16. The van der Waals surface area contributed by atoms with E-state index in [9.17, 15) is 8.78 Å². The highest BCUT2D eigenvalue weighted by Crippen LogP contribution is 2.32. The maximum Gasteiger partial charge on any atom is 0.387 e. The zero-order chi connectivity index (χ0) is 15.1. The van der Waals surface area contributed by atoms with E-state index >= 15 is 0 Å². The molecule has 5 nitrogen and oxygen atoms in total. The normalized spacial score (nSPS) is 18.8. The minimum atomic E-state index is -2.89. The Hall–Kier alpha value is -1.44. The van der Waals surface area contributed by atoms with Crippen molar-refractivity contribution in [3.05, 3.63) is 23.8 Å². The molecule has 118 valence electrons. The number of hydrogen-bond acceptors (Lipinski definition) is 5. The molecular weight excluding hydrogens is 284 g/mol. The van der Waals surface area contributed by atoms with Crippen LogP contribution in [0.3, 0.4) is 0 Å². The van der Waals surface area contributed by atoms with Crippen molar-refractivity contribution in [2.45, 2.75) is 19.3 Å². The third-order valence-electron chi connectivity index (χ3n) is 3.06. The van der Waals surface area contributed by atoms with Crippen LogP contribution >= 0.6 is 0 Å². The molecule has 1 unspecified atom stereocenters. The summed E-state index contributed by atoms with van der Waals surface area (Å²) in [5, 5.41) is 3.15. The van der Waals surface area contributed by atoms with Gasteiger partial charge in [-0.15, -0.1) is 0 Å². The van der Waals surface area contributed by atoms with Crippen molar-refractivity contribution in [2.75, 3.05) is 33.5 Å². The van der Waals surface area contributed by atoms with E-state index in [2.05, 4.69) is 10.1 Å². The molecule has 0 aliphatic carbocycles. The zero-order valence-corrected chi connectivity index (χ0v) is 11.8. The molecule has 0 aromatic heterocycles. The highest BCUT2D eigenvalue weighted by molar-refractivity contribution is 5.46. The summed E-state index contributed by atoms with van der Waals surface area (Å²) in [6.07, 6.45) is -0.0242. The van der Waals surface area contributed by atoms with E-state index < -0.39 is 6.61 Å². The Labute approximate surface area is 122 Å². The highest BCUT2D eigenvalue weighted by atomic mass is 19.3. The van der Waals surface area contributed by atoms with E-state index in [-0.39, 0.29) is 17.6 Å². The SMILES string of the molecule is COc1cccc(CNCC2COCCO2)c1OC(F)F. The molecule has 1 saturated heterocycles. The maximum absolute atomic E-state index is 12.5. The lowest BCUT2D eigenvalue weighted by atomic mass is 10.2. The van der Waals surface area contributed by atoms with Crippen molar-refractivity contribution in [1.29, 1.82) is 0 Å². The molecule has 1 aromatic rings. The topological polar surface area (TPSA) is 49.0 Å². The predicted octanol–water partition coefficient (Wildman–Crippen LogP) is 1.80. The predicted molar refractivity (Wildman–Crippen MR) is 71.9 cm³/mol. The average molecular weight is 303 g/mol. The van der Waals surface area contributed by atoms with Gasteiger partial charge < -0.3 is 24.3 Å². The standard InChI is InChI=1S/C14H19F2NO4/c1-18-12-4-2-3-10(13(12)21-14(15)16)7-17-8-11-9-19-5-6-20-11/h2-4,11,14,17H,5-9H2,1H3. The molecule has 1 aliphatic heterocycles. The minimum absolute atomic E-state index is 0.0242.